The van der Waals surface area contributed by atoms with Crippen molar-refractivity contribution in [2.75, 3.05) is 17.2 Å². The molecule has 2 aliphatic carbocycles. The Morgan fingerprint density at radius 3 is 2.53 bits per heavy atom. The van der Waals surface area contributed by atoms with Crippen LogP contribution in [0.15, 0.2) is 24.7 Å². The van der Waals surface area contributed by atoms with Gasteiger partial charge in [0.2, 0.25) is 5.95 Å². The van der Waals surface area contributed by atoms with E-state index in [0.29, 0.717) is 12.4 Å². The number of nitrogens with one attached hydrogen (secondary N) is 2. The fourth-order valence-electron chi connectivity index (χ4n) is 3.49. The average molecular weight is 419 g/mol. The summed E-state index contributed by atoms with van der Waals surface area (Å²) in [6.07, 6.45) is 3.29. The Morgan fingerprint density at radius 2 is 1.93 bits per heavy atom. The number of rotatable bonds is 7. The molecular weight excluding hydrogens is 399 g/mol. The van der Waals surface area contributed by atoms with Gasteiger partial charge in [0.1, 0.15) is 22.7 Å². The molecular formula is C18H20F3N9. The largest absolute Gasteiger partial charge is 0.421 e. The highest BCUT2D eigenvalue weighted by Gasteiger charge is 2.51. The van der Waals surface area contributed by atoms with E-state index in [0.717, 1.165) is 37.6 Å². The van der Waals surface area contributed by atoms with E-state index in [2.05, 4.69) is 30.8 Å². The lowest BCUT2D eigenvalue weighted by molar-refractivity contribution is -0.137. The number of hydrogen-bond acceptors (Lipinski definition) is 7. The van der Waals surface area contributed by atoms with Crippen molar-refractivity contribution in [3.05, 3.63) is 35.9 Å². The first-order valence-electron chi connectivity index (χ1n) is 9.83. The number of hydrogen-bond donors (Lipinski definition) is 2. The monoisotopic (exact) mass is 419 g/mol. The van der Waals surface area contributed by atoms with Gasteiger partial charge < -0.3 is 10.6 Å². The molecule has 0 bridgehead atoms. The Kier molecular flexibility index (Phi) is 4.19. The summed E-state index contributed by atoms with van der Waals surface area (Å²) >= 11 is 0. The van der Waals surface area contributed by atoms with Crippen molar-refractivity contribution in [3.8, 4) is 0 Å². The van der Waals surface area contributed by atoms with Gasteiger partial charge in [0.05, 0.1) is 24.1 Å². The molecule has 0 atom stereocenters. The molecule has 0 radical (unpaired) electrons. The van der Waals surface area contributed by atoms with Crippen molar-refractivity contribution in [1.29, 1.82) is 0 Å². The van der Waals surface area contributed by atoms with Gasteiger partial charge in [0.25, 0.3) is 0 Å². The molecule has 2 saturated carbocycles. The van der Waals surface area contributed by atoms with E-state index in [1.165, 1.54) is 0 Å². The highest BCUT2D eigenvalue weighted by atomic mass is 19.4. The van der Waals surface area contributed by atoms with Crippen molar-refractivity contribution in [2.45, 2.75) is 50.4 Å². The number of alkyl halides is 3. The first kappa shape index (κ1) is 18.8. The van der Waals surface area contributed by atoms with E-state index in [-0.39, 0.29) is 23.3 Å². The topological polar surface area (TPSA) is 98.4 Å². The van der Waals surface area contributed by atoms with Crippen LogP contribution in [0.25, 0.3) is 0 Å². The van der Waals surface area contributed by atoms with E-state index < -0.39 is 11.7 Å². The van der Waals surface area contributed by atoms with Gasteiger partial charge in [-0.25, -0.2) is 9.67 Å². The quantitative estimate of drug-likeness (QED) is 0.606. The van der Waals surface area contributed by atoms with Crippen LogP contribution in [0.3, 0.4) is 0 Å². The molecule has 3 aromatic heterocycles. The van der Waals surface area contributed by atoms with Gasteiger partial charge in [-0.2, -0.15) is 38.2 Å². The molecule has 9 nitrogen and oxygen atoms in total. The smallest absolute Gasteiger partial charge is 0.370 e. The van der Waals surface area contributed by atoms with E-state index in [1.54, 1.807) is 24.1 Å². The van der Waals surface area contributed by atoms with Crippen LogP contribution in [-0.4, -0.2) is 41.3 Å². The number of nitrogens with zero attached hydrogens (tertiary/aromatic N) is 7. The van der Waals surface area contributed by atoms with E-state index >= 15 is 0 Å². The molecule has 2 N–H and O–H groups in total. The van der Waals surface area contributed by atoms with Crippen LogP contribution in [0, 0.1) is 0 Å². The molecule has 3 heterocycles. The van der Waals surface area contributed by atoms with E-state index in [9.17, 15) is 13.2 Å². The predicted octanol–water partition coefficient (Wildman–Crippen LogP) is 3.33. The first-order chi connectivity index (χ1) is 14.4. The summed E-state index contributed by atoms with van der Waals surface area (Å²) in [5.74, 6) is 0.474. The molecule has 30 heavy (non-hydrogen) atoms. The lowest BCUT2D eigenvalue weighted by Crippen LogP contribution is -2.22. The zero-order valence-electron chi connectivity index (χ0n) is 16.2. The standard InChI is InChI=1S/C18H20F3N9/c1-2-22-15-12(18(19,20)21)10-23-16(27-15)26-14-9-13(28-29(14)11-3-4-11)17(5-6-17)30-24-7-8-25-30/h7-11H,2-6H2,1H3,(H2,22,23,26,27). The van der Waals surface area contributed by atoms with Crippen LogP contribution in [-0.2, 0) is 11.7 Å². The van der Waals surface area contributed by atoms with Gasteiger partial charge in [-0.05, 0) is 32.6 Å². The highest BCUT2D eigenvalue weighted by molar-refractivity contribution is 5.55. The number of aromatic nitrogens is 7. The van der Waals surface area contributed by atoms with Gasteiger partial charge in [-0.1, -0.05) is 0 Å². The van der Waals surface area contributed by atoms with Crippen LogP contribution < -0.4 is 10.6 Å². The third-order valence-electron chi connectivity index (χ3n) is 5.31. The number of halogens is 3. The summed E-state index contributed by atoms with van der Waals surface area (Å²) in [5, 5.41) is 19.0. The van der Waals surface area contributed by atoms with Gasteiger partial charge >= 0.3 is 6.18 Å². The second-order valence-electron chi connectivity index (χ2n) is 7.55. The van der Waals surface area contributed by atoms with Gasteiger partial charge in [0.15, 0.2) is 0 Å². The summed E-state index contributed by atoms with van der Waals surface area (Å²) in [4.78, 5) is 9.62. The fourth-order valence-corrected chi connectivity index (χ4v) is 3.49. The van der Waals surface area contributed by atoms with E-state index in [4.69, 9.17) is 5.10 Å². The lowest BCUT2D eigenvalue weighted by Gasteiger charge is -2.14. The molecule has 5 rings (SSSR count). The minimum absolute atomic E-state index is 0.0781. The maximum atomic E-state index is 13.2. The summed E-state index contributed by atoms with van der Waals surface area (Å²) in [6, 6.07) is 2.15. The van der Waals surface area contributed by atoms with Crippen LogP contribution in [0.2, 0.25) is 0 Å². The fraction of sp³-hybridized carbons (Fsp3) is 0.500. The molecule has 0 aliphatic heterocycles. The predicted molar refractivity (Wildman–Crippen MR) is 101 cm³/mol. The molecule has 3 aromatic rings. The summed E-state index contributed by atoms with van der Waals surface area (Å²) in [5.41, 5.74) is -0.435. The van der Waals surface area contributed by atoms with Crippen LogP contribution >= 0.6 is 0 Å². The maximum absolute atomic E-state index is 13.2. The zero-order chi connectivity index (χ0) is 20.9. The van der Waals surface area contributed by atoms with Crippen molar-refractivity contribution >= 4 is 17.6 Å². The normalized spacial score (nSPS) is 17.7. The SMILES string of the molecule is CCNc1nc(Nc2cc(C3(n4nccn4)CC3)nn2C2CC2)ncc1C(F)(F)F. The Balaban J connectivity index is 1.48. The lowest BCUT2D eigenvalue weighted by atomic mass is 10.2. The summed E-state index contributed by atoms with van der Waals surface area (Å²) < 4.78 is 41.5. The third-order valence-corrected chi connectivity index (χ3v) is 5.31. The molecule has 2 aliphatic rings. The van der Waals surface area contributed by atoms with Gasteiger partial charge in [-0.3, -0.25) is 0 Å². The molecule has 0 saturated heterocycles. The van der Waals surface area contributed by atoms with Crippen molar-refractivity contribution in [2.24, 2.45) is 0 Å². The Hall–Kier alpha value is -3.18. The molecule has 2 fully saturated rings. The van der Waals surface area contributed by atoms with Crippen LogP contribution in [0.4, 0.5) is 30.8 Å². The second-order valence-corrected chi connectivity index (χ2v) is 7.55. The summed E-state index contributed by atoms with van der Waals surface area (Å²) in [7, 11) is 0. The molecule has 158 valence electrons. The zero-order valence-corrected chi connectivity index (χ0v) is 16.2. The molecule has 0 unspecified atom stereocenters. The number of anilines is 3. The Bertz CT molecular complexity index is 1050. The molecule has 12 heteroatoms. The second kappa shape index (κ2) is 6.67. The minimum atomic E-state index is -4.53. The first-order valence-corrected chi connectivity index (χ1v) is 9.83. The molecule has 0 aromatic carbocycles. The highest BCUT2D eigenvalue weighted by Crippen LogP contribution is 2.49. The van der Waals surface area contributed by atoms with Crippen LogP contribution in [0.1, 0.15) is 49.9 Å². The average Bonchev–Trinajstić information content (AvgIpc) is 3.61. The minimum Gasteiger partial charge on any atom is -0.370 e. The maximum Gasteiger partial charge on any atom is 0.421 e. The van der Waals surface area contributed by atoms with Gasteiger partial charge in [0, 0.05) is 18.8 Å². The summed E-state index contributed by atoms with van der Waals surface area (Å²) in [6.45, 7) is 2.02. The van der Waals surface area contributed by atoms with Crippen molar-refractivity contribution < 1.29 is 13.2 Å². The van der Waals surface area contributed by atoms with Crippen molar-refractivity contribution in [1.82, 2.24) is 34.7 Å². The Morgan fingerprint density at radius 1 is 1.20 bits per heavy atom. The molecule has 0 spiro atoms. The van der Waals surface area contributed by atoms with E-state index in [1.807, 2.05) is 10.7 Å². The Labute approximate surface area is 169 Å². The van der Waals surface area contributed by atoms with Crippen LogP contribution in [0.5, 0.6) is 0 Å². The molecule has 0 amide bonds. The van der Waals surface area contributed by atoms with Crippen molar-refractivity contribution in [3.63, 3.8) is 0 Å². The third kappa shape index (κ3) is 3.25. The van der Waals surface area contributed by atoms with Gasteiger partial charge in [-0.15, -0.1) is 0 Å².